The van der Waals surface area contributed by atoms with Crippen molar-refractivity contribution in [3.8, 4) is 11.5 Å². The van der Waals surface area contributed by atoms with E-state index in [9.17, 15) is 17.6 Å². The lowest BCUT2D eigenvalue weighted by atomic mass is 9.98. The number of carbonyl (C=O) groups excluding carboxylic acids is 1. The van der Waals surface area contributed by atoms with Gasteiger partial charge in [0.1, 0.15) is 5.82 Å². The molecule has 3 aromatic rings. The van der Waals surface area contributed by atoms with Gasteiger partial charge in [0, 0.05) is 24.3 Å². The van der Waals surface area contributed by atoms with Crippen LogP contribution in [0.3, 0.4) is 0 Å². The van der Waals surface area contributed by atoms with Gasteiger partial charge in [-0.1, -0.05) is 6.07 Å². The van der Waals surface area contributed by atoms with Crippen LogP contribution in [0, 0.1) is 5.82 Å². The van der Waals surface area contributed by atoms with Gasteiger partial charge in [-0.2, -0.15) is 0 Å². The molecule has 0 saturated heterocycles. The van der Waals surface area contributed by atoms with E-state index < -0.39 is 15.8 Å². The Hall–Kier alpha value is -3.59. The van der Waals surface area contributed by atoms with Gasteiger partial charge in [0.25, 0.3) is 15.9 Å². The van der Waals surface area contributed by atoms with Crippen LogP contribution in [0.25, 0.3) is 0 Å². The van der Waals surface area contributed by atoms with Crippen molar-refractivity contribution in [3.05, 3.63) is 83.2 Å². The number of sulfonamides is 1. The van der Waals surface area contributed by atoms with E-state index in [2.05, 4.69) is 4.72 Å². The predicted molar refractivity (Wildman–Crippen MR) is 122 cm³/mol. The van der Waals surface area contributed by atoms with Gasteiger partial charge in [-0.05, 0) is 72.1 Å². The lowest BCUT2D eigenvalue weighted by Gasteiger charge is -2.29. The summed E-state index contributed by atoms with van der Waals surface area (Å²) in [6.07, 6.45) is 0.644. The number of nitrogens with one attached hydrogen (secondary N) is 1. The molecule has 0 aromatic heterocycles. The lowest BCUT2D eigenvalue weighted by molar-refractivity contribution is 0.0734. The molecule has 9 heteroatoms. The summed E-state index contributed by atoms with van der Waals surface area (Å²) in [7, 11) is -0.816. The molecule has 1 N–H and O–H groups in total. The predicted octanol–water partition coefficient (Wildman–Crippen LogP) is 3.84. The molecular formula is C24H23FN2O5S. The Morgan fingerprint density at radius 1 is 0.970 bits per heavy atom. The van der Waals surface area contributed by atoms with Crippen LogP contribution < -0.4 is 14.2 Å². The van der Waals surface area contributed by atoms with Gasteiger partial charge in [-0.25, -0.2) is 12.8 Å². The van der Waals surface area contributed by atoms with Gasteiger partial charge >= 0.3 is 0 Å². The molecule has 0 radical (unpaired) electrons. The standard InChI is InChI=1S/C24H23FN2O5S/c1-31-22-13-16-10-11-27(15-18(16)14-23(22)32-2)24(28)17-4-3-5-21(12-17)33(29,30)26-20-8-6-19(25)7-9-20/h3-9,12-14,26H,10-11,15H2,1-2H3. The van der Waals surface area contributed by atoms with Gasteiger partial charge in [0.15, 0.2) is 11.5 Å². The molecule has 33 heavy (non-hydrogen) atoms. The van der Waals surface area contributed by atoms with Crippen LogP contribution in [0.2, 0.25) is 0 Å². The van der Waals surface area contributed by atoms with Gasteiger partial charge in [-0.3, -0.25) is 9.52 Å². The number of rotatable bonds is 6. The first-order chi connectivity index (χ1) is 15.8. The number of anilines is 1. The average Bonchev–Trinajstić information content (AvgIpc) is 2.83. The Morgan fingerprint density at radius 2 is 1.64 bits per heavy atom. The van der Waals surface area contributed by atoms with Gasteiger partial charge in [0.2, 0.25) is 0 Å². The zero-order chi connectivity index (χ0) is 23.6. The highest BCUT2D eigenvalue weighted by Crippen LogP contribution is 2.33. The molecule has 0 unspecified atom stereocenters. The van der Waals surface area contributed by atoms with Crippen LogP contribution in [0.1, 0.15) is 21.5 Å². The van der Waals surface area contributed by atoms with E-state index in [0.717, 1.165) is 23.3 Å². The molecule has 172 valence electrons. The van der Waals surface area contributed by atoms with Crippen molar-refractivity contribution in [1.29, 1.82) is 0 Å². The molecule has 4 rings (SSSR count). The second-order valence-corrected chi connectivity index (χ2v) is 9.28. The number of benzene rings is 3. The number of halogens is 1. The summed E-state index contributed by atoms with van der Waals surface area (Å²) < 4.78 is 51.8. The largest absolute Gasteiger partial charge is 0.493 e. The molecule has 1 heterocycles. The highest BCUT2D eigenvalue weighted by Gasteiger charge is 2.25. The summed E-state index contributed by atoms with van der Waals surface area (Å²) >= 11 is 0. The van der Waals surface area contributed by atoms with Gasteiger partial charge in [0.05, 0.1) is 19.1 Å². The molecular weight excluding hydrogens is 447 g/mol. The minimum atomic E-state index is -3.95. The monoisotopic (exact) mass is 470 g/mol. The highest BCUT2D eigenvalue weighted by atomic mass is 32.2. The van der Waals surface area contributed by atoms with E-state index in [1.165, 1.54) is 30.3 Å². The molecule has 3 aromatic carbocycles. The first-order valence-corrected chi connectivity index (χ1v) is 11.7. The third-order valence-electron chi connectivity index (χ3n) is 5.49. The van der Waals surface area contributed by atoms with Crippen LogP contribution in [0.15, 0.2) is 65.6 Å². The minimum Gasteiger partial charge on any atom is -0.493 e. The molecule has 1 aliphatic rings. The summed E-state index contributed by atoms with van der Waals surface area (Å²) in [4.78, 5) is 14.8. The molecule has 1 aliphatic heterocycles. The number of ether oxygens (including phenoxy) is 2. The first kappa shape index (κ1) is 22.6. The molecule has 0 spiro atoms. The quantitative estimate of drug-likeness (QED) is 0.592. The van der Waals surface area contributed by atoms with Crippen molar-refractivity contribution in [3.63, 3.8) is 0 Å². The van der Waals surface area contributed by atoms with E-state index >= 15 is 0 Å². The molecule has 0 bridgehead atoms. The fraction of sp³-hybridized carbons (Fsp3) is 0.208. The Kier molecular flexibility index (Phi) is 6.24. The van der Waals surface area contributed by atoms with Crippen LogP contribution >= 0.6 is 0 Å². The van der Waals surface area contributed by atoms with Crippen molar-refractivity contribution in [2.24, 2.45) is 0 Å². The smallest absolute Gasteiger partial charge is 0.261 e. The fourth-order valence-corrected chi connectivity index (χ4v) is 4.87. The maximum absolute atomic E-state index is 13.2. The van der Waals surface area contributed by atoms with E-state index in [4.69, 9.17) is 9.47 Å². The molecule has 7 nitrogen and oxygen atoms in total. The van der Waals surface area contributed by atoms with Crippen LogP contribution in [-0.4, -0.2) is 40.0 Å². The normalized spacial score (nSPS) is 13.2. The Balaban J connectivity index is 1.55. The molecule has 0 atom stereocenters. The molecule has 1 amide bonds. The number of nitrogens with zero attached hydrogens (tertiary/aromatic N) is 1. The van der Waals surface area contributed by atoms with Crippen molar-refractivity contribution in [2.75, 3.05) is 25.5 Å². The Bertz CT molecular complexity index is 1290. The van der Waals surface area contributed by atoms with Crippen molar-refractivity contribution >= 4 is 21.6 Å². The summed E-state index contributed by atoms with van der Waals surface area (Å²) in [5, 5.41) is 0. The zero-order valence-corrected chi connectivity index (χ0v) is 19.0. The number of fused-ring (bicyclic) bond motifs is 1. The SMILES string of the molecule is COc1cc2c(cc1OC)CN(C(=O)c1cccc(S(=O)(=O)Nc3ccc(F)cc3)c1)CC2. The summed E-state index contributed by atoms with van der Waals surface area (Å²) in [6.45, 7) is 0.867. The van der Waals surface area contributed by atoms with E-state index in [1.54, 1.807) is 25.2 Å². The maximum Gasteiger partial charge on any atom is 0.261 e. The molecule has 0 fully saturated rings. The lowest BCUT2D eigenvalue weighted by Crippen LogP contribution is -2.36. The third kappa shape index (κ3) is 4.78. The average molecular weight is 471 g/mol. The van der Waals surface area contributed by atoms with E-state index in [-0.39, 0.29) is 22.1 Å². The Labute approximate surface area is 191 Å². The number of amides is 1. The summed E-state index contributed by atoms with van der Waals surface area (Å²) in [5.74, 6) is 0.493. The second-order valence-electron chi connectivity index (χ2n) is 7.59. The van der Waals surface area contributed by atoms with Gasteiger partial charge in [-0.15, -0.1) is 0 Å². The van der Waals surface area contributed by atoms with Crippen molar-refractivity contribution < 1.29 is 27.1 Å². The molecule has 0 saturated carbocycles. The fourth-order valence-electron chi connectivity index (χ4n) is 3.77. The van der Waals surface area contributed by atoms with Crippen LogP contribution in [0.4, 0.5) is 10.1 Å². The van der Waals surface area contributed by atoms with Gasteiger partial charge < -0.3 is 14.4 Å². The minimum absolute atomic E-state index is 0.0542. The van der Waals surface area contributed by atoms with E-state index in [1.807, 2.05) is 12.1 Å². The van der Waals surface area contributed by atoms with Crippen molar-refractivity contribution in [2.45, 2.75) is 17.9 Å². The maximum atomic E-state index is 13.2. The Morgan fingerprint density at radius 3 is 2.30 bits per heavy atom. The van der Waals surface area contributed by atoms with Crippen LogP contribution in [0.5, 0.6) is 11.5 Å². The topological polar surface area (TPSA) is 84.9 Å². The number of hydrogen-bond donors (Lipinski definition) is 1. The number of hydrogen-bond acceptors (Lipinski definition) is 5. The molecule has 0 aliphatic carbocycles. The van der Waals surface area contributed by atoms with Crippen LogP contribution in [-0.2, 0) is 23.0 Å². The van der Waals surface area contributed by atoms with E-state index in [0.29, 0.717) is 31.0 Å². The number of methoxy groups -OCH3 is 2. The highest BCUT2D eigenvalue weighted by molar-refractivity contribution is 7.92. The zero-order valence-electron chi connectivity index (χ0n) is 18.2. The summed E-state index contributed by atoms with van der Waals surface area (Å²) in [6, 6.07) is 14.6. The summed E-state index contributed by atoms with van der Waals surface area (Å²) in [5.41, 5.74) is 2.52. The first-order valence-electron chi connectivity index (χ1n) is 10.2. The second kappa shape index (κ2) is 9.11. The van der Waals surface area contributed by atoms with Crippen molar-refractivity contribution in [1.82, 2.24) is 4.90 Å². The number of carbonyl (C=O) groups is 1. The third-order valence-corrected chi connectivity index (χ3v) is 6.87.